The van der Waals surface area contributed by atoms with Crippen LogP contribution in [0, 0.1) is 0 Å². The minimum absolute atomic E-state index is 0.463. The first-order chi connectivity index (χ1) is 11.6. The summed E-state index contributed by atoms with van der Waals surface area (Å²) in [6.45, 7) is 1.57. The Morgan fingerprint density at radius 2 is 1.80 bits per heavy atom. The lowest BCUT2D eigenvalue weighted by atomic mass is 10.1. The molecule has 0 spiro atoms. The summed E-state index contributed by atoms with van der Waals surface area (Å²) >= 11 is 5.52. The molecule has 1 atom stereocenters. The van der Waals surface area contributed by atoms with Gasteiger partial charge in [-0.15, -0.1) is 0 Å². The van der Waals surface area contributed by atoms with Crippen LogP contribution in [0.25, 0.3) is 0 Å². The summed E-state index contributed by atoms with van der Waals surface area (Å²) in [6.07, 6.45) is -4.75. The molecule has 136 valence electrons. The molecule has 0 aliphatic heterocycles. The molecule has 0 fully saturated rings. The van der Waals surface area contributed by atoms with Gasteiger partial charge in [-0.3, -0.25) is 0 Å². The van der Waals surface area contributed by atoms with Crippen LogP contribution in [0.15, 0.2) is 47.4 Å². The number of ether oxygens (including phenoxy) is 1. The third-order valence-corrected chi connectivity index (χ3v) is 5.36. The van der Waals surface area contributed by atoms with Crippen molar-refractivity contribution in [1.29, 1.82) is 0 Å². The van der Waals surface area contributed by atoms with Gasteiger partial charge in [0, 0.05) is 11.6 Å². The summed E-state index contributed by atoms with van der Waals surface area (Å²) in [6, 6.07) is 8.47. The van der Waals surface area contributed by atoms with E-state index in [0.717, 1.165) is 12.1 Å². The number of para-hydroxylation sites is 1. The second-order valence-corrected chi connectivity index (χ2v) is 7.35. The molecule has 0 aliphatic rings. The molecular weight excluding hydrogens is 379 g/mol. The lowest BCUT2D eigenvalue weighted by Crippen LogP contribution is -2.27. The van der Waals surface area contributed by atoms with Crippen LogP contribution in [-0.2, 0) is 16.2 Å². The zero-order valence-electron chi connectivity index (χ0n) is 13.3. The van der Waals surface area contributed by atoms with Gasteiger partial charge in [0.25, 0.3) is 0 Å². The lowest BCUT2D eigenvalue weighted by Gasteiger charge is -2.18. The fourth-order valence-electron chi connectivity index (χ4n) is 2.28. The smallest absolute Gasteiger partial charge is 0.417 e. The molecule has 1 N–H and O–H groups in total. The van der Waals surface area contributed by atoms with Crippen molar-refractivity contribution < 1.29 is 26.3 Å². The summed E-state index contributed by atoms with van der Waals surface area (Å²) in [5.41, 5.74) is -0.652. The molecule has 0 amide bonds. The summed E-state index contributed by atoms with van der Waals surface area (Å²) < 4.78 is 71.2. The van der Waals surface area contributed by atoms with Gasteiger partial charge in [-0.1, -0.05) is 29.8 Å². The van der Waals surface area contributed by atoms with Crippen molar-refractivity contribution in [3.63, 3.8) is 0 Å². The van der Waals surface area contributed by atoms with Crippen molar-refractivity contribution in [3.8, 4) is 5.75 Å². The Labute approximate surface area is 148 Å². The van der Waals surface area contributed by atoms with Crippen molar-refractivity contribution in [2.45, 2.75) is 24.0 Å². The molecule has 0 saturated carbocycles. The van der Waals surface area contributed by atoms with Gasteiger partial charge < -0.3 is 4.74 Å². The molecule has 0 saturated heterocycles. The topological polar surface area (TPSA) is 55.4 Å². The molecule has 0 radical (unpaired) electrons. The Balaban J connectivity index is 2.36. The third-order valence-electron chi connectivity index (χ3n) is 3.49. The average molecular weight is 394 g/mol. The zero-order valence-corrected chi connectivity index (χ0v) is 14.8. The maximum atomic E-state index is 12.9. The highest BCUT2D eigenvalue weighted by molar-refractivity contribution is 7.89. The van der Waals surface area contributed by atoms with E-state index in [9.17, 15) is 21.6 Å². The Hall–Kier alpha value is -1.77. The van der Waals surface area contributed by atoms with E-state index >= 15 is 0 Å². The number of rotatable bonds is 5. The number of alkyl halides is 3. The van der Waals surface area contributed by atoms with Crippen LogP contribution in [0.4, 0.5) is 13.2 Å². The highest BCUT2D eigenvalue weighted by Crippen LogP contribution is 2.36. The Bertz CT molecular complexity index is 869. The molecule has 0 bridgehead atoms. The van der Waals surface area contributed by atoms with Crippen LogP contribution >= 0.6 is 11.6 Å². The van der Waals surface area contributed by atoms with Crippen molar-refractivity contribution in [3.05, 3.63) is 58.6 Å². The number of methoxy groups -OCH3 is 1. The average Bonchev–Trinajstić information content (AvgIpc) is 2.53. The van der Waals surface area contributed by atoms with Gasteiger partial charge in [0.15, 0.2) is 0 Å². The standard InChI is InChI=1S/C16H15ClF3NO3S/c1-10(12-5-3-4-6-15(12)24-2)21-25(22,23)11-7-8-14(17)13(9-11)16(18,19)20/h3-10,21H,1-2H3. The molecule has 9 heteroatoms. The van der Waals surface area contributed by atoms with Crippen molar-refractivity contribution >= 4 is 21.6 Å². The van der Waals surface area contributed by atoms with Gasteiger partial charge in [0.2, 0.25) is 10.0 Å². The lowest BCUT2D eigenvalue weighted by molar-refractivity contribution is -0.137. The van der Waals surface area contributed by atoms with Crippen molar-refractivity contribution in [2.75, 3.05) is 7.11 Å². The predicted molar refractivity (Wildman–Crippen MR) is 88.2 cm³/mol. The van der Waals surface area contributed by atoms with E-state index in [1.807, 2.05) is 0 Å². The van der Waals surface area contributed by atoms with Gasteiger partial charge in [-0.2, -0.15) is 13.2 Å². The third kappa shape index (κ3) is 4.45. The number of hydrogen-bond donors (Lipinski definition) is 1. The van der Waals surface area contributed by atoms with E-state index in [-0.39, 0.29) is 0 Å². The number of nitrogens with one attached hydrogen (secondary N) is 1. The van der Waals surface area contributed by atoms with Crippen LogP contribution in [0.3, 0.4) is 0 Å². The molecular formula is C16H15ClF3NO3S. The van der Waals surface area contributed by atoms with Crippen LogP contribution in [-0.4, -0.2) is 15.5 Å². The molecule has 2 aromatic rings. The van der Waals surface area contributed by atoms with Crippen LogP contribution in [0.2, 0.25) is 5.02 Å². The maximum absolute atomic E-state index is 12.9. The summed E-state index contributed by atoms with van der Waals surface area (Å²) in [4.78, 5) is -0.522. The van der Waals surface area contributed by atoms with Gasteiger partial charge in [-0.05, 0) is 31.2 Å². The van der Waals surface area contributed by atoms with Crippen molar-refractivity contribution in [1.82, 2.24) is 4.72 Å². The summed E-state index contributed by atoms with van der Waals surface area (Å²) in [5.74, 6) is 0.463. The molecule has 2 rings (SSSR count). The van der Waals surface area contributed by atoms with Crippen LogP contribution in [0.1, 0.15) is 24.1 Å². The number of sulfonamides is 1. The van der Waals surface area contributed by atoms with E-state index in [1.54, 1.807) is 31.2 Å². The van der Waals surface area contributed by atoms with Gasteiger partial charge in [0.1, 0.15) is 5.75 Å². The first kappa shape index (κ1) is 19.6. The number of hydrogen-bond acceptors (Lipinski definition) is 3. The van der Waals surface area contributed by atoms with E-state index in [0.29, 0.717) is 17.4 Å². The van der Waals surface area contributed by atoms with Gasteiger partial charge >= 0.3 is 6.18 Å². The first-order valence-electron chi connectivity index (χ1n) is 7.08. The predicted octanol–water partition coefficient (Wildman–Crippen LogP) is 4.41. The van der Waals surface area contributed by atoms with E-state index < -0.39 is 37.7 Å². The van der Waals surface area contributed by atoms with Crippen LogP contribution in [0.5, 0.6) is 5.75 Å². The molecule has 0 aromatic heterocycles. The van der Waals surface area contributed by atoms with E-state index in [4.69, 9.17) is 16.3 Å². The highest BCUT2D eigenvalue weighted by Gasteiger charge is 2.34. The fraction of sp³-hybridized carbons (Fsp3) is 0.250. The zero-order chi connectivity index (χ0) is 18.8. The molecule has 2 aromatic carbocycles. The van der Waals surface area contributed by atoms with Crippen LogP contribution < -0.4 is 9.46 Å². The molecule has 4 nitrogen and oxygen atoms in total. The minimum Gasteiger partial charge on any atom is -0.496 e. The summed E-state index contributed by atoms with van der Waals surface area (Å²) in [5, 5.41) is -0.566. The normalized spacial score (nSPS) is 13.5. The van der Waals surface area contributed by atoms with Crippen molar-refractivity contribution in [2.24, 2.45) is 0 Å². The largest absolute Gasteiger partial charge is 0.496 e. The second kappa shape index (κ2) is 7.23. The number of benzene rings is 2. The highest BCUT2D eigenvalue weighted by atomic mass is 35.5. The first-order valence-corrected chi connectivity index (χ1v) is 8.94. The fourth-order valence-corrected chi connectivity index (χ4v) is 3.75. The van der Waals surface area contributed by atoms with Gasteiger partial charge in [0.05, 0.1) is 22.6 Å². The Morgan fingerprint density at radius 3 is 2.40 bits per heavy atom. The second-order valence-electron chi connectivity index (χ2n) is 5.22. The minimum atomic E-state index is -4.75. The quantitative estimate of drug-likeness (QED) is 0.818. The molecule has 25 heavy (non-hydrogen) atoms. The molecule has 0 heterocycles. The maximum Gasteiger partial charge on any atom is 0.417 e. The van der Waals surface area contributed by atoms with Gasteiger partial charge in [-0.25, -0.2) is 13.1 Å². The van der Waals surface area contributed by atoms with E-state index in [2.05, 4.69) is 4.72 Å². The summed E-state index contributed by atoms with van der Waals surface area (Å²) in [7, 11) is -2.76. The Morgan fingerprint density at radius 1 is 1.16 bits per heavy atom. The SMILES string of the molecule is COc1ccccc1C(C)NS(=O)(=O)c1ccc(Cl)c(C(F)(F)F)c1. The molecule has 0 aliphatic carbocycles. The number of halogens is 4. The Kier molecular flexibility index (Phi) is 5.65. The van der Waals surface area contributed by atoms with E-state index in [1.165, 1.54) is 7.11 Å². The monoisotopic (exact) mass is 393 g/mol. The molecule has 1 unspecified atom stereocenters.